The molecule has 0 atom stereocenters. The molecule has 0 unspecified atom stereocenters. The third-order valence-corrected chi connectivity index (χ3v) is 4.44. The van der Waals surface area contributed by atoms with Gasteiger partial charge in [-0.2, -0.15) is 4.73 Å². The SMILES string of the molecule is O=C(NCc1cccc(=O)n1O)c1cccc2c1C(=O)c1ccccc1-2. The zero-order chi connectivity index (χ0) is 18.3. The average molecular weight is 346 g/mol. The normalized spacial score (nSPS) is 11.8. The van der Waals surface area contributed by atoms with Crippen LogP contribution in [0.5, 0.6) is 0 Å². The average Bonchev–Trinajstić information content (AvgIpc) is 2.96. The maximum atomic E-state index is 12.7. The minimum Gasteiger partial charge on any atom is -0.425 e. The van der Waals surface area contributed by atoms with Crippen LogP contribution in [-0.4, -0.2) is 21.6 Å². The smallest absolute Gasteiger partial charge is 0.283 e. The van der Waals surface area contributed by atoms with E-state index in [4.69, 9.17) is 0 Å². The topological polar surface area (TPSA) is 88.4 Å². The van der Waals surface area contributed by atoms with Gasteiger partial charge in [0.15, 0.2) is 5.78 Å². The van der Waals surface area contributed by atoms with Crippen LogP contribution in [0.15, 0.2) is 65.5 Å². The molecule has 2 aromatic carbocycles. The number of aromatic nitrogens is 1. The van der Waals surface area contributed by atoms with Gasteiger partial charge in [0, 0.05) is 17.2 Å². The summed E-state index contributed by atoms with van der Waals surface area (Å²) in [6.45, 7) is -0.0454. The number of hydrogen-bond donors (Lipinski definition) is 2. The number of rotatable bonds is 3. The largest absolute Gasteiger partial charge is 0.425 e. The summed E-state index contributed by atoms with van der Waals surface area (Å²) in [4.78, 5) is 36.8. The lowest BCUT2D eigenvalue weighted by molar-refractivity contribution is 0.0934. The molecule has 128 valence electrons. The summed E-state index contributed by atoms with van der Waals surface area (Å²) in [6.07, 6.45) is 0. The molecule has 0 saturated heterocycles. The molecule has 0 aliphatic heterocycles. The number of nitrogens with one attached hydrogen (secondary N) is 1. The van der Waals surface area contributed by atoms with Gasteiger partial charge in [0.1, 0.15) is 0 Å². The van der Waals surface area contributed by atoms with Gasteiger partial charge in [0.2, 0.25) is 0 Å². The van der Waals surface area contributed by atoms with Crippen molar-refractivity contribution in [2.45, 2.75) is 6.54 Å². The van der Waals surface area contributed by atoms with Crippen LogP contribution in [-0.2, 0) is 6.54 Å². The Morgan fingerprint density at radius 1 is 0.885 bits per heavy atom. The van der Waals surface area contributed by atoms with Crippen LogP contribution in [0.1, 0.15) is 32.0 Å². The van der Waals surface area contributed by atoms with Crippen LogP contribution in [0, 0.1) is 0 Å². The van der Waals surface area contributed by atoms with Crippen molar-refractivity contribution in [2.75, 3.05) is 0 Å². The second-order valence-electron chi connectivity index (χ2n) is 5.95. The molecule has 3 aromatic rings. The van der Waals surface area contributed by atoms with Crippen LogP contribution >= 0.6 is 0 Å². The van der Waals surface area contributed by atoms with E-state index < -0.39 is 11.5 Å². The number of amides is 1. The van der Waals surface area contributed by atoms with Gasteiger partial charge < -0.3 is 10.5 Å². The highest BCUT2D eigenvalue weighted by atomic mass is 16.5. The number of carbonyl (C=O) groups excluding carboxylic acids is 2. The summed E-state index contributed by atoms with van der Waals surface area (Å²) in [5.41, 5.74) is 2.43. The third kappa shape index (κ3) is 2.39. The lowest BCUT2D eigenvalue weighted by atomic mass is 10.0. The predicted octanol–water partition coefficient (Wildman–Crippen LogP) is 2.23. The van der Waals surface area contributed by atoms with Gasteiger partial charge in [-0.25, -0.2) is 0 Å². The highest BCUT2D eigenvalue weighted by Crippen LogP contribution is 2.37. The number of fused-ring (bicyclic) bond motifs is 3. The lowest BCUT2D eigenvalue weighted by Crippen LogP contribution is -2.29. The number of carbonyl (C=O) groups is 2. The van der Waals surface area contributed by atoms with Gasteiger partial charge >= 0.3 is 0 Å². The minimum absolute atomic E-state index is 0.0454. The van der Waals surface area contributed by atoms with E-state index in [1.807, 2.05) is 18.2 Å². The van der Waals surface area contributed by atoms with E-state index in [9.17, 15) is 19.6 Å². The van der Waals surface area contributed by atoms with Crippen molar-refractivity contribution in [3.8, 4) is 11.1 Å². The molecule has 4 rings (SSSR count). The Bertz CT molecular complexity index is 1110. The standard InChI is InChI=1S/C20H14N2O4/c23-17-10-3-5-12(22(17)26)11-21-20(25)16-9-4-8-14-13-6-1-2-7-15(13)19(24)18(14)16/h1-10,26H,11H2,(H,21,25). The monoisotopic (exact) mass is 346 g/mol. The molecule has 0 spiro atoms. The molecule has 26 heavy (non-hydrogen) atoms. The first-order valence-electron chi connectivity index (χ1n) is 8.03. The number of hydrogen-bond acceptors (Lipinski definition) is 4. The van der Waals surface area contributed by atoms with Gasteiger partial charge in [-0.3, -0.25) is 14.4 Å². The number of nitrogens with zero attached hydrogens (tertiary/aromatic N) is 1. The van der Waals surface area contributed by atoms with Crippen molar-refractivity contribution < 1.29 is 14.8 Å². The van der Waals surface area contributed by atoms with Gasteiger partial charge in [-0.1, -0.05) is 42.5 Å². The molecule has 1 aromatic heterocycles. The summed E-state index contributed by atoms with van der Waals surface area (Å²) < 4.78 is 0.483. The van der Waals surface area contributed by atoms with Gasteiger partial charge in [0.25, 0.3) is 11.5 Å². The van der Waals surface area contributed by atoms with Crippen molar-refractivity contribution in [3.63, 3.8) is 0 Å². The highest BCUT2D eigenvalue weighted by Gasteiger charge is 2.30. The molecule has 1 aliphatic carbocycles. The molecule has 1 heterocycles. The number of pyridine rings is 1. The molecule has 0 saturated carbocycles. The Balaban J connectivity index is 1.66. The fourth-order valence-electron chi connectivity index (χ4n) is 3.19. The van der Waals surface area contributed by atoms with Crippen LogP contribution in [0.2, 0.25) is 0 Å². The number of ketones is 1. The molecule has 6 nitrogen and oxygen atoms in total. The van der Waals surface area contributed by atoms with E-state index in [0.717, 1.165) is 11.1 Å². The van der Waals surface area contributed by atoms with E-state index in [2.05, 4.69) is 5.32 Å². The predicted molar refractivity (Wildman–Crippen MR) is 94.4 cm³/mol. The van der Waals surface area contributed by atoms with Gasteiger partial charge in [0.05, 0.1) is 17.8 Å². The van der Waals surface area contributed by atoms with E-state index in [1.54, 1.807) is 24.3 Å². The maximum absolute atomic E-state index is 12.7. The second-order valence-corrected chi connectivity index (χ2v) is 5.95. The third-order valence-electron chi connectivity index (χ3n) is 4.44. The lowest BCUT2D eigenvalue weighted by Gasteiger charge is -2.10. The zero-order valence-electron chi connectivity index (χ0n) is 13.6. The number of benzene rings is 2. The molecular formula is C20H14N2O4. The molecule has 1 aliphatic rings. The van der Waals surface area contributed by atoms with E-state index >= 15 is 0 Å². The molecule has 2 N–H and O–H groups in total. The van der Waals surface area contributed by atoms with E-state index in [1.165, 1.54) is 18.2 Å². The second kappa shape index (κ2) is 6.00. The van der Waals surface area contributed by atoms with Crippen molar-refractivity contribution in [3.05, 3.63) is 93.4 Å². The summed E-state index contributed by atoms with van der Waals surface area (Å²) in [7, 11) is 0. The van der Waals surface area contributed by atoms with Gasteiger partial charge in [-0.15, -0.1) is 0 Å². The molecule has 6 heteroatoms. The first kappa shape index (κ1) is 15.8. The Hall–Kier alpha value is -3.67. The summed E-state index contributed by atoms with van der Waals surface area (Å²) in [5, 5.41) is 12.3. The molecule has 0 fully saturated rings. The summed E-state index contributed by atoms with van der Waals surface area (Å²) >= 11 is 0. The van der Waals surface area contributed by atoms with Gasteiger partial charge in [-0.05, 0) is 23.3 Å². The fourth-order valence-corrected chi connectivity index (χ4v) is 3.19. The molecule has 0 bridgehead atoms. The molecular weight excluding hydrogens is 332 g/mol. The highest BCUT2D eigenvalue weighted by molar-refractivity contribution is 6.25. The minimum atomic E-state index is -0.581. The Kier molecular flexibility index (Phi) is 3.65. The van der Waals surface area contributed by atoms with Crippen molar-refractivity contribution in [1.29, 1.82) is 0 Å². The Morgan fingerprint density at radius 2 is 1.58 bits per heavy atom. The van der Waals surface area contributed by atoms with Crippen LogP contribution < -0.4 is 10.9 Å². The fraction of sp³-hybridized carbons (Fsp3) is 0.0500. The van der Waals surface area contributed by atoms with Crippen LogP contribution in [0.3, 0.4) is 0 Å². The quantitative estimate of drug-likeness (QED) is 0.557. The van der Waals surface area contributed by atoms with Crippen LogP contribution in [0.4, 0.5) is 0 Å². The Morgan fingerprint density at radius 3 is 2.38 bits per heavy atom. The first-order chi connectivity index (χ1) is 12.6. The van der Waals surface area contributed by atoms with E-state index in [-0.39, 0.29) is 23.6 Å². The summed E-state index contributed by atoms with van der Waals surface area (Å²) in [5.74, 6) is -0.626. The van der Waals surface area contributed by atoms with Crippen molar-refractivity contribution >= 4 is 11.7 Å². The summed E-state index contributed by atoms with van der Waals surface area (Å²) in [6, 6.07) is 16.6. The van der Waals surface area contributed by atoms with Crippen molar-refractivity contribution in [2.24, 2.45) is 0 Å². The zero-order valence-corrected chi connectivity index (χ0v) is 13.6. The van der Waals surface area contributed by atoms with Crippen LogP contribution in [0.25, 0.3) is 11.1 Å². The molecule has 1 amide bonds. The first-order valence-corrected chi connectivity index (χ1v) is 8.03. The van der Waals surface area contributed by atoms with Crippen molar-refractivity contribution in [1.82, 2.24) is 10.0 Å². The Labute approximate surface area is 148 Å². The van der Waals surface area contributed by atoms with E-state index in [0.29, 0.717) is 15.9 Å². The molecule has 0 radical (unpaired) electrons. The maximum Gasteiger partial charge on any atom is 0.283 e.